The predicted octanol–water partition coefficient (Wildman–Crippen LogP) is 3.67. The third kappa shape index (κ3) is 3.18. The molecule has 90 valence electrons. The van der Waals surface area contributed by atoms with Crippen molar-refractivity contribution in [1.29, 1.82) is 0 Å². The average Bonchev–Trinajstić information content (AvgIpc) is 2.36. The summed E-state index contributed by atoms with van der Waals surface area (Å²) in [7, 11) is -2.90. The van der Waals surface area contributed by atoms with Gasteiger partial charge in [-0.05, 0) is 22.8 Å². The zero-order valence-corrected chi connectivity index (χ0v) is 10.9. The Morgan fingerprint density at radius 2 is 1.82 bits per heavy atom. The molecule has 0 aliphatic carbocycles. The number of hydrogen-bond donors (Lipinski definition) is 1. The maximum Gasteiger partial charge on any atom is 0.200 e. The SMILES string of the molecule is CCP(=O)(O)CCc1ccc2ccccc2c1. The smallest absolute Gasteiger partial charge is 0.200 e. The van der Waals surface area contributed by atoms with E-state index in [-0.39, 0.29) is 0 Å². The third-order valence-electron chi connectivity index (χ3n) is 3.06. The van der Waals surface area contributed by atoms with Gasteiger partial charge in [0.1, 0.15) is 0 Å². The van der Waals surface area contributed by atoms with E-state index in [4.69, 9.17) is 0 Å². The van der Waals surface area contributed by atoms with Crippen LogP contribution in [-0.4, -0.2) is 17.2 Å². The molecule has 0 fully saturated rings. The van der Waals surface area contributed by atoms with Gasteiger partial charge < -0.3 is 4.89 Å². The van der Waals surface area contributed by atoms with Crippen LogP contribution in [0.5, 0.6) is 0 Å². The molecule has 2 rings (SSSR count). The quantitative estimate of drug-likeness (QED) is 0.838. The van der Waals surface area contributed by atoms with Gasteiger partial charge in [0.25, 0.3) is 0 Å². The fourth-order valence-electron chi connectivity index (χ4n) is 1.86. The molecular formula is C14H17O2P. The van der Waals surface area contributed by atoms with Crippen molar-refractivity contribution in [1.82, 2.24) is 0 Å². The first-order valence-electron chi connectivity index (χ1n) is 5.89. The van der Waals surface area contributed by atoms with E-state index in [2.05, 4.69) is 24.3 Å². The number of hydrogen-bond acceptors (Lipinski definition) is 1. The van der Waals surface area contributed by atoms with Crippen molar-refractivity contribution < 1.29 is 9.46 Å². The second-order valence-electron chi connectivity index (χ2n) is 4.32. The van der Waals surface area contributed by atoms with Gasteiger partial charge in [0.05, 0.1) is 0 Å². The zero-order valence-electron chi connectivity index (χ0n) is 9.97. The predicted molar refractivity (Wildman–Crippen MR) is 72.9 cm³/mol. The summed E-state index contributed by atoms with van der Waals surface area (Å²) < 4.78 is 11.6. The first kappa shape index (κ1) is 12.3. The highest BCUT2D eigenvalue weighted by molar-refractivity contribution is 7.57. The van der Waals surface area contributed by atoms with E-state index in [1.54, 1.807) is 6.92 Å². The number of benzene rings is 2. The first-order chi connectivity index (χ1) is 8.11. The molecule has 1 unspecified atom stereocenters. The van der Waals surface area contributed by atoms with Crippen LogP contribution >= 0.6 is 7.37 Å². The molecule has 17 heavy (non-hydrogen) atoms. The lowest BCUT2D eigenvalue weighted by Gasteiger charge is -2.09. The molecule has 0 saturated carbocycles. The van der Waals surface area contributed by atoms with Crippen molar-refractivity contribution >= 4 is 18.1 Å². The lowest BCUT2D eigenvalue weighted by Crippen LogP contribution is -1.96. The van der Waals surface area contributed by atoms with Crippen molar-refractivity contribution in [3.8, 4) is 0 Å². The molecule has 0 saturated heterocycles. The van der Waals surface area contributed by atoms with Gasteiger partial charge in [0.2, 0.25) is 7.37 Å². The van der Waals surface area contributed by atoms with Crippen molar-refractivity contribution in [2.75, 3.05) is 12.3 Å². The number of fused-ring (bicyclic) bond motifs is 1. The standard InChI is InChI=1S/C14H17O2P/c1-2-17(15,16)10-9-12-7-8-13-5-3-4-6-14(13)11-12/h3-8,11H,2,9-10H2,1H3,(H,15,16). The monoisotopic (exact) mass is 248 g/mol. The molecule has 0 heterocycles. The first-order valence-corrected chi connectivity index (χ1v) is 7.92. The number of rotatable bonds is 4. The van der Waals surface area contributed by atoms with E-state index in [1.165, 1.54) is 10.8 Å². The van der Waals surface area contributed by atoms with Gasteiger partial charge >= 0.3 is 0 Å². The summed E-state index contributed by atoms with van der Waals surface area (Å²) in [4.78, 5) is 9.55. The molecule has 0 bridgehead atoms. The third-order valence-corrected chi connectivity index (χ3v) is 4.97. The molecule has 0 radical (unpaired) electrons. The van der Waals surface area contributed by atoms with Gasteiger partial charge in [-0.2, -0.15) is 0 Å². The normalized spacial score (nSPS) is 14.7. The van der Waals surface area contributed by atoms with Crippen LogP contribution in [0.2, 0.25) is 0 Å². The Hall–Kier alpha value is -1.11. The Bertz CT molecular complexity index is 563. The van der Waals surface area contributed by atoms with E-state index >= 15 is 0 Å². The molecule has 2 aromatic carbocycles. The molecule has 1 N–H and O–H groups in total. The van der Waals surface area contributed by atoms with Crippen LogP contribution in [0.3, 0.4) is 0 Å². The van der Waals surface area contributed by atoms with Crippen molar-refractivity contribution in [3.63, 3.8) is 0 Å². The second-order valence-corrected chi connectivity index (χ2v) is 7.09. The summed E-state index contributed by atoms with van der Waals surface area (Å²) in [5.74, 6) is 0. The Balaban J connectivity index is 2.17. The summed E-state index contributed by atoms with van der Waals surface area (Å²) in [6, 6.07) is 14.4. The summed E-state index contributed by atoms with van der Waals surface area (Å²) in [5, 5.41) is 2.40. The molecule has 0 aromatic heterocycles. The van der Waals surface area contributed by atoms with Gasteiger partial charge in [-0.25, -0.2) is 0 Å². The fourth-order valence-corrected chi connectivity index (χ4v) is 2.78. The van der Waals surface area contributed by atoms with E-state index in [0.717, 1.165) is 5.56 Å². The van der Waals surface area contributed by atoms with E-state index in [0.29, 0.717) is 18.7 Å². The van der Waals surface area contributed by atoms with Crippen LogP contribution in [0.25, 0.3) is 10.8 Å². The zero-order chi connectivity index (χ0) is 12.3. The van der Waals surface area contributed by atoms with Crippen LogP contribution in [0.4, 0.5) is 0 Å². The number of aryl methyl sites for hydroxylation is 1. The van der Waals surface area contributed by atoms with Crippen molar-refractivity contribution in [2.24, 2.45) is 0 Å². The maximum absolute atomic E-state index is 11.6. The van der Waals surface area contributed by atoms with Crippen LogP contribution in [0, 0.1) is 0 Å². The molecule has 2 aromatic rings. The minimum absolute atomic E-state index is 0.362. The largest absolute Gasteiger partial charge is 0.344 e. The highest BCUT2D eigenvalue weighted by Gasteiger charge is 2.14. The maximum atomic E-state index is 11.6. The van der Waals surface area contributed by atoms with Gasteiger partial charge in [-0.15, -0.1) is 0 Å². The van der Waals surface area contributed by atoms with Gasteiger partial charge in [0.15, 0.2) is 0 Å². The molecule has 0 aliphatic rings. The van der Waals surface area contributed by atoms with E-state index < -0.39 is 7.37 Å². The minimum Gasteiger partial charge on any atom is -0.344 e. The highest BCUT2D eigenvalue weighted by atomic mass is 31.2. The molecular weight excluding hydrogens is 231 g/mol. The molecule has 3 heteroatoms. The summed E-state index contributed by atoms with van der Waals surface area (Å²) >= 11 is 0. The van der Waals surface area contributed by atoms with Crippen LogP contribution in [-0.2, 0) is 11.0 Å². The Morgan fingerprint density at radius 1 is 1.12 bits per heavy atom. The minimum atomic E-state index is -2.90. The molecule has 1 atom stereocenters. The topological polar surface area (TPSA) is 37.3 Å². The van der Waals surface area contributed by atoms with Crippen molar-refractivity contribution in [3.05, 3.63) is 48.0 Å². The van der Waals surface area contributed by atoms with Crippen LogP contribution < -0.4 is 0 Å². The van der Waals surface area contributed by atoms with E-state index in [9.17, 15) is 9.46 Å². The molecule has 0 spiro atoms. The van der Waals surface area contributed by atoms with Gasteiger partial charge in [-0.1, -0.05) is 49.4 Å². The van der Waals surface area contributed by atoms with Crippen LogP contribution in [0.15, 0.2) is 42.5 Å². The summed E-state index contributed by atoms with van der Waals surface area (Å²) in [6.45, 7) is 1.77. The van der Waals surface area contributed by atoms with Gasteiger partial charge in [-0.3, -0.25) is 4.57 Å². The van der Waals surface area contributed by atoms with Crippen molar-refractivity contribution in [2.45, 2.75) is 13.3 Å². The second kappa shape index (κ2) is 5.03. The summed E-state index contributed by atoms with van der Waals surface area (Å²) in [6.07, 6.45) is 1.41. The fraction of sp³-hybridized carbons (Fsp3) is 0.286. The summed E-state index contributed by atoms with van der Waals surface area (Å²) in [5.41, 5.74) is 1.13. The Labute approximate surface area is 102 Å². The Morgan fingerprint density at radius 3 is 2.53 bits per heavy atom. The Kier molecular flexibility index (Phi) is 3.66. The van der Waals surface area contributed by atoms with Crippen LogP contribution in [0.1, 0.15) is 12.5 Å². The molecule has 0 aliphatic heterocycles. The lowest BCUT2D eigenvalue weighted by molar-refractivity contribution is 0.479. The molecule has 0 amide bonds. The average molecular weight is 248 g/mol. The van der Waals surface area contributed by atoms with Gasteiger partial charge in [0, 0.05) is 12.3 Å². The lowest BCUT2D eigenvalue weighted by atomic mass is 10.1. The molecule has 2 nitrogen and oxygen atoms in total. The highest BCUT2D eigenvalue weighted by Crippen LogP contribution is 2.40. The van der Waals surface area contributed by atoms with E-state index in [1.807, 2.05) is 18.2 Å².